The van der Waals surface area contributed by atoms with Crippen LogP contribution in [0.25, 0.3) is 0 Å². The highest BCUT2D eigenvalue weighted by molar-refractivity contribution is 5.77. The number of hydrogen-bond donors (Lipinski definition) is 2. The van der Waals surface area contributed by atoms with Gasteiger partial charge in [0.2, 0.25) is 5.91 Å². The molecule has 98 valence electrons. The predicted molar refractivity (Wildman–Crippen MR) is 71.2 cm³/mol. The lowest BCUT2D eigenvalue weighted by atomic mass is 9.96. The van der Waals surface area contributed by atoms with Gasteiger partial charge in [0.25, 0.3) is 0 Å². The second-order valence-electron chi connectivity index (χ2n) is 4.97. The van der Waals surface area contributed by atoms with Gasteiger partial charge in [-0.2, -0.15) is 0 Å². The average molecular weight is 248 g/mol. The lowest BCUT2D eigenvalue weighted by Gasteiger charge is -2.34. The molecule has 1 heterocycles. The molecule has 2 rings (SSSR count). The largest absolute Gasteiger partial charge is 0.392 e. The second kappa shape index (κ2) is 5.40. The highest BCUT2D eigenvalue weighted by atomic mass is 16.3. The van der Waals surface area contributed by atoms with Gasteiger partial charge in [-0.1, -0.05) is 12.1 Å². The number of piperidine rings is 1. The lowest BCUT2D eigenvalue weighted by molar-refractivity contribution is -0.122. The van der Waals surface area contributed by atoms with Crippen molar-refractivity contribution < 1.29 is 9.90 Å². The number of amides is 1. The van der Waals surface area contributed by atoms with Crippen LogP contribution >= 0.6 is 0 Å². The van der Waals surface area contributed by atoms with Crippen LogP contribution in [0.3, 0.4) is 0 Å². The molecule has 0 radical (unpaired) electrons. The van der Waals surface area contributed by atoms with Gasteiger partial charge in [-0.3, -0.25) is 4.79 Å². The summed E-state index contributed by atoms with van der Waals surface area (Å²) in [7, 11) is 0. The molecule has 18 heavy (non-hydrogen) atoms. The lowest BCUT2D eigenvalue weighted by Crippen LogP contribution is -2.41. The predicted octanol–water partition coefficient (Wildman–Crippen LogP) is 1.19. The normalized spacial score (nSPS) is 19.9. The van der Waals surface area contributed by atoms with Gasteiger partial charge in [0.15, 0.2) is 0 Å². The SMILES string of the molecule is Cc1cc(CO)ccc1N1CCCC(C(N)=O)C1. The van der Waals surface area contributed by atoms with Crippen molar-refractivity contribution in [2.24, 2.45) is 11.7 Å². The van der Waals surface area contributed by atoms with Crippen molar-refractivity contribution in [3.05, 3.63) is 29.3 Å². The summed E-state index contributed by atoms with van der Waals surface area (Å²) in [5, 5.41) is 9.10. The third-order valence-corrected chi connectivity index (χ3v) is 3.61. The molecule has 0 aliphatic carbocycles. The number of carbonyl (C=O) groups excluding carboxylic acids is 1. The maximum absolute atomic E-state index is 11.3. The summed E-state index contributed by atoms with van der Waals surface area (Å²) in [4.78, 5) is 13.5. The first kappa shape index (κ1) is 12.9. The van der Waals surface area contributed by atoms with Crippen LogP contribution in [0.2, 0.25) is 0 Å². The third-order valence-electron chi connectivity index (χ3n) is 3.61. The summed E-state index contributed by atoms with van der Waals surface area (Å²) in [6.45, 7) is 3.76. The minimum absolute atomic E-state index is 0.0457. The van der Waals surface area contributed by atoms with E-state index in [1.807, 2.05) is 25.1 Å². The van der Waals surface area contributed by atoms with Gasteiger partial charge in [0.05, 0.1) is 12.5 Å². The molecule has 1 aromatic carbocycles. The van der Waals surface area contributed by atoms with Crippen LogP contribution in [0.15, 0.2) is 18.2 Å². The van der Waals surface area contributed by atoms with Crippen LogP contribution in [0.4, 0.5) is 5.69 Å². The van der Waals surface area contributed by atoms with Crippen LogP contribution in [0.5, 0.6) is 0 Å². The molecule has 4 nitrogen and oxygen atoms in total. The van der Waals surface area contributed by atoms with Crippen molar-refractivity contribution in [1.82, 2.24) is 0 Å². The van der Waals surface area contributed by atoms with E-state index >= 15 is 0 Å². The number of benzene rings is 1. The summed E-state index contributed by atoms with van der Waals surface area (Å²) in [5.41, 5.74) is 8.58. The number of nitrogens with zero attached hydrogens (tertiary/aromatic N) is 1. The zero-order valence-corrected chi connectivity index (χ0v) is 10.7. The van der Waals surface area contributed by atoms with E-state index in [-0.39, 0.29) is 18.4 Å². The van der Waals surface area contributed by atoms with E-state index in [9.17, 15) is 4.79 Å². The van der Waals surface area contributed by atoms with E-state index in [2.05, 4.69) is 4.90 Å². The van der Waals surface area contributed by atoms with Crippen LogP contribution in [0, 0.1) is 12.8 Å². The van der Waals surface area contributed by atoms with E-state index in [0.717, 1.165) is 36.2 Å². The number of rotatable bonds is 3. The van der Waals surface area contributed by atoms with Crippen molar-refractivity contribution in [2.75, 3.05) is 18.0 Å². The molecule has 1 aliphatic heterocycles. The molecule has 0 spiro atoms. The van der Waals surface area contributed by atoms with Gasteiger partial charge in [0.1, 0.15) is 0 Å². The molecule has 1 unspecified atom stereocenters. The smallest absolute Gasteiger partial charge is 0.222 e. The zero-order valence-electron chi connectivity index (χ0n) is 10.7. The second-order valence-corrected chi connectivity index (χ2v) is 4.97. The molecule has 1 amide bonds. The molecular weight excluding hydrogens is 228 g/mol. The van der Waals surface area contributed by atoms with E-state index in [1.165, 1.54) is 0 Å². The average Bonchev–Trinajstić information content (AvgIpc) is 2.38. The fraction of sp³-hybridized carbons (Fsp3) is 0.500. The van der Waals surface area contributed by atoms with Crippen molar-refractivity contribution in [3.63, 3.8) is 0 Å². The molecule has 0 bridgehead atoms. The Morgan fingerprint density at radius 1 is 1.56 bits per heavy atom. The van der Waals surface area contributed by atoms with Gasteiger partial charge >= 0.3 is 0 Å². The minimum atomic E-state index is -0.204. The fourth-order valence-electron chi connectivity index (χ4n) is 2.60. The highest BCUT2D eigenvalue weighted by Gasteiger charge is 2.24. The molecule has 1 atom stereocenters. The maximum atomic E-state index is 11.3. The Kier molecular flexibility index (Phi) is 3.87. The molecule has 0 aromatic heterocycles. The van der Waals surface area contributed by atoms with Gasteiger partial charge in [-0.15, -0.1) is 0 Å². The van der Waals surface area contributed by atoms with Crippen molar-refractivity contribution in [1.29, 1.82) is 0 Å². The molecule has 1 aliphatic rings. The number of primary amides is 1. The Morgan fingerprint density at radius 2 is 2.33 bits per heavy atom. The molecular formula is C14H20N2O2. The molecule has 0 saturated carbocycles. The summed E-state index contributed by atoms with van der Waals surface area (Å²) >= 11 is 0. The number of carbonyl (C=O) groups is 1. The van der Waals surface area contributed by atoms with Crippen molar-refractivity contribution >= 4 is 11.6 Å². The monoisotopic (exact) mass is 248 g/mol. The van der Waals surface area contributed by atoms with E-state index in [0.29, 0.717) is 6.54 Å². The van der Waals surface area contributed by atoms with Gasteiger partial charge in [-0.25, -0.2) is 0 Å². The third kappa shape index (κ3) is 2.64. The van der Waals surface area contributed by atoms with Crippen LogP contribution in [0.1, 0.15) is 24.0 Å². The van der Waals surface area contributed by atoms with Crippen molar-refractivity contribution in [3.8, 4) is 0 Å². The summed E-state index contributed by atoms with van der Waals surface area (Å²) in [6.07, 6.45) is 1.88. The molecule has 3 N–H and O–H groups in total. The quantitative estimate of drug-likeness (QED) is 0.844. The number of aliphatic hydroxyl groups excluding tert-OH is 1. The molecule has 1 aromatic rings. The van der Waals surface area contributed by atoms with Gasteiger partial charge < -0.3 is 15.7 Å². The molecule has 4 heteroatoms. The van der Waals surface area contributed by atoms with Crippen molar-refractivity contribution in [2.45, 2.75) is 26.4 Å². The van der Waals surface area contributed by atoms with Crippen LogP contribution in [-0.4, -0.2) is 24.1 Å². The van der Waals surface area contributed by atoms with E-state index < -0.39 is 0 Å². The minimum Gasteiger partial charge on any atom is -0.392 e. The Hall–Kier alpha value is -1.55. The van der Waals surface area contributed by atoms with E-state index in [1.54, 1.807) is 0 Å². The molecule has 1 fully saturated rings. The number of anilines is 1. The van der Waals surface area contributed by atoms with Gasteiger partial charge in [-0.05, 0) is 37.0 Å². The number of aliphatic hydroxyl groups is 1. The first-order valence-corrected chi connectivity index (χ1v) is 6.36. The Bertz CT molecular complexity index is 445. The topological polar surface area (TPSA) is 66.6 Å². The first-order valence-electron chi connectivity index (χ1n) is 6.36. The Balaban J connectivity index is 2.18. The summed E-state index contributed by atoms with van der Waals surface area (Å²) in [5.74, 6) is -0.250. The standard InChI is InChI=1S/C14H20N2O2/c1-10-7-11(9-17)4-5-13(10)16-6-2-3-12(8-16)14(15)18/h4-5,7,12,17H,2-3,6,8-9H2,1H3,(H2,15,18). The van der Waals surface area contributed by atoms with Crippen LogP contribution < -0.4 is 10.6 Å². The Morgan fingerprint density at radius 3 is 2.94 bits per heavy atom. The van der Waals surface area contributed by atoms with Gasteiger partial charge in [0, 0.05) is 18.8 Å². The van der Waals surface area contributed by atoms with Crippen LogP contribution in [-0.2, 0) is 11.4 Å². The number of aryl methyl sites for hydroxylation is 1. The summed E-state index contributed by atoms with van der Waals surface area (Å²) in [6, 6.07) is 5.93. The fourth-order valence-corrected chi connectivity index (χ4v) is 2.60. The zero-order chi connectivity index (χ0) is 13.1. The highest BCUT2D eigenvalue weighted by Crippen LogP contribution is 2.26. The molecule has 1 saturated heterocycles. The number of hydrogen-bond acceptors (Lipinski definition) is 3. The van der Waals surface area contributed by atoms with E-state index in [4.69, 9.17) is 10.8 Å². The maximum Gasteiger partial charge on any atom is 0.222 e. The first-order chi connectivity index (χ1) is 8.61. The Labute approximate surface area is 107 Å². The number of nitrogens with two attached hydrogens (primary N) is 1. The summed E-state index contributed by atoms with van der Waals surface area (Å²) < 4.78 is 0.